The van der Waals surface area contributed by atoms with Gasteiger partial charge < -0.3 is 15.0 Å². The highest BCUT2D eigenvalue weighted by molar-refractivity contribution is 5.52. The molecule has 0 bridgehead atoms. The van der Waals surface area contributed by atoms with E-state index in [1.165, 1.54) is 16.8 Å². The number of nitrogens with zero attached hydrogens (tertiary/aromatic N) is 1. The van der Waals surface area contributed by atoms with E-state index in [0.717, 1.165) is 19.6 Å². The summed E-state index contributed by atoms with van der Waals surface area (Å²) in [6.07, 6.45) is 0. The topological polar surface area (TPSA) is 24.5 Å². The Morgan fingerprint density at radius 3 is 2.25 bits per heavy atom. The fourth-order valence-corrected chi connectivity index (χ4v) is 3.24. The molecule has 0 radical (unpaired) electrons. The fourth-order valence-electron chi connectivity index (χ4n) is 3.24. The minimum atomic E-state index is -0.112. The summed E-state index contributed by atoms with van der Waals surface area (Å²) in [6, 6.07) is 6.76. The number of ether oxygens (including phenoxy) is 1. The molecular formula is C17H28N2O. The van der Waals surface area contributed by atoms with E-state index in [2.05, 4.69) is 63.0 Å². The predicted octanol–water partition coefficient (Wildman–Crippen LogP) is 3.11. The molecule has 1 aromatic rings. The van der Waals surface area contributed by atoms with Crippen LogP contribution in [0.2, 0.25) is 0 Å². The van der Waals surface area contributed by atoms with E-state index in [4.69, 9.17) is 4.74 Å². The number of hydrogen-bond acceptors (Lipinski definition) is 3. The van der Waals surface area contributed by atoms with Gasteiger partial charge in [0.1, 0.15) is 0 Å². The molecule has 0 aromatic heterocycles. The van der Waals surface area contributed by atoms with Crippen molar-refractivity contribution in [1.82, 2.24) is 5.32 Å². The number of hydrogen-bond donors (Lipinski definition) is 1. The first-order valence-corrected chi connectivity index (χ1v) is 7.42. The zero-order valence-electron chi connectivity index (χ0n) is 13.7. The van der Waals surface area contributed by atoms with E-state index in [9.17, 15) is 0 Å². The van der Waals surface area contributed by atoms with Crippen LogP contribution >= 0.6 is 0 Å². The number of aryl methyl sites for hydroxylation is 1. The van der Waals surface area contributed by atoms with E-state index in [0.29, 0.717) is 0 Å². The summed E-state index contributed by atoms with van der Waals surface area (Å²) in [5.74, 6) is 0. The molecule has 0 unspecified atom stereocenters. The van der Waals surface area contributed by atoms with Crippen molar-refractivity contribution in [3.8, 4) is 0 Å². The predicted molar refractivity (Wildman–Crippen MR) is 85.4 cm³/mol. The zero-order valence-corrected chi connectivity index (χ0v) is 13.7. The molecule has 0 aliphatic carbocycles. The Kier molecular flexibility index (Phi) is 4.12. The molecular weight excluding hydrogens is 248 g/mol. The van der Waals surface area contributed by atoms with E-state index in [-0.39, 0.29) is 11.2 Å². The molecule has 112 valence electrons. The summed E-state index contributed by atoms with van der Waals surface area (Å²) in [4.78, 5) is 2.44. The van der Waals surface area contributed by atoms with Crippen LogP contribution in [0.25, 0.3) is 0 Å². The third-order valence-corrected chi connectivity index (χ3v) is 3.75. The Bertz CT molecular complexity index is 464. The molecule has 0 spiro atoms. The maximum atomic E-state index is 6.15. The second-order valence-corrected chi connectivity index (χ2v) is 7.12. The SMILES string of the molecule is CNCc1ccc(N2CC(C)(C)OC(C)(C)C2)cc1C. The minimum absolute atomic E-state index is 0.112. The summed E-state index contributed by atoms with van der Waals surface area (Å²) in [5.41, 5.74) is 3.78. The van der Waals surface area contributed by atoms with Crippen LogP contribution in [0.15, 0.2) is 18.2 Å². The average molecular weight is 276 g/mol. The Balaban J connectivity index is 2.24. The van der Waals surface area contributed by atoms with Crippen molar-refractivity contribution in [2.75, 3.05) is 25.0 Å². The van der Waals surface area contributed by atoms with Crippen LogP contribution in [0.5, 0.6) is 0 Å². The van der Waals surface area contributed by atoms with E-state index in [1.54, 1.807) is 0 Å². The van der Waals surface area contributed by atoms with E-state index >= 15 is 0 Å². The van der Waals surface area contributed by atoms with Crippen molar-refractivity contribution in [3.63, 3.8) is 0 Å². The van der Waals surface area contributed by atoms with Gasteiger partial charge in [-0.15, -0.1) is 0 Å². The lowest BCUT2D eigenvalue weighted by Gasteiger charge is -2.48. The first-order valence-electron chi connectivity index (χ1n) is 7.42. The first-order chi connectivity index (χ1) is 9.22. The smallest absolute Gasteiger partial charge is 0.0808 e. The number of nitrogens with one attached hydrogen (secondary N) is 1. The summed E-state index contributed by atoms with van der Waals surface area (Å²) in [7, 11) is 1.99. The monoisotopic (exact) mass is 276 g/mol. The van der Waals surface area contributed by atoms with Crippen molar-refractivity contribution < 1.29 is 4.74 Å². The molecule has 3 nitrogen and oxygen atoms in total. The van der Waals surface area contributed by atoms with Gasteiger partial charge in [0.15, 0.2) is 0 Å². The molecule has 1 N–H and O–H groups in total. The molecule has 1 fully saturated rings. The average Bonchev–Trinajstić information content (AvgIpc) is 2.28. The number of anilines is 1. The first kappa shape index (κ1) is 15.3. The zero-order chi connectivity index (χ0) is 15.0. The van der Waals surface area contributed by atoms with Crippen LogP contribution in [0.4, 0.5) is 5.69 Å². The molecule has 0 atom stereocenters. The van der Waals surface area contributed by atoms with Crippen molar-refractivity contribution in [2.45, 2.75) is 52.4 Å². The van der Waals surface area contributed by atoms with Crippen LogP contribution in [-0.2, 0) is 11.3 Å². The molecule has 1 aliphatic rings. The van der Waals surface area contributed by atoms with Crippen LogP contribution in [0, 0.1) is 6.92 Å². The normalized spacial score (nSPS) is 21.0. The van der Waals surface area contributed by atoms with Crippen LogP contribution < -0.4 is 10.2 Å². The van der Waals surface area contributed by atoms with Gasteiger partial charge in [0.2, 0.25) is 0 Å². The highest BCUT2D eigenvalue weighted by Crippen LogP contribution is 2.32. The van der Waals surface area contributed by atoms with E-state index in [1.807, 2.05) is 7.05 Å². The van der Waals surface area contributed by atoms with Crippen LogP contribution in [0.1, 0.15) is 38.8 Å². The summed E-state index contributed by atoms with van der Waals surface area (Å²) < 4.78 is 6.15. The molecule has 2 rings (SSSR count). The van der Waals surface area contributed by atoms with Gasteiger partial charge in [0, 0.05) is 25.3 Å². The number of benzene rings is 1. The highest BCUT2D eigenvalue weighted by atomic mass is 16.5. The summed E-state index contributed by atoms with van der Waals surface area (Å²) in [6.45, 7) is 13.7. The van der Waals surface area contributed by atoms with Gasteiger partial charge in [0.05, 0.1) is 11.2 Å². The Morgan fingerprint density at radius 2 is 1.75 bits per heavy atom. The summed E-state index contributed by atoms with van der Waals surface area (Å²) in [5, 5.41) is 3.22. The molecule has 3 heteroatoms. The summed E-state index contributed by atoms with van der Waals surface area (Å²) >= 11 is 0. The van der Waals surface area contributed by atoms with Gasteiger partial charge >= 0.3 is 0 Å². The lowest BCUT2D eigenvalue weighted by atomic mass is 9.97. The molecule has 1 aromatic carbocycles. The molecule has 0 saturated carbocycles. The molecule has 1 heterocycles. The lowest BCUT2D eigenvalue weighted by Crippen LogP contribution is -2.57. The fraction of sp³-hybridized carbons (Fsp3) is 0.647. The van der Waals surface area contributed by atoms with Crippen molar-refractivity contribution >= 4 is 5.69 Å². The Hall–Kier alpha value is -1.06. The third kappa shape index (κ3) is 3.53. The number of morpholine rings is 1. The van der Waals surface area contributed by atoms with Crippen molar-refractivity contribution in [3.05, 3.63) is 29.3 Å². The molecule has 1 saturated heterocycles. The van der Waals surface area contributed by atoms with Gasteiger partial charge in [-0.2, -0.15) is 0 Å². The second-order valence-electron chi connectivity index (χ2n) is 7.12. The third-order valence-electron chi connectivity index (χ3n) is 3.75. The van der Waals surface area contributed by atoms with Gasteiger partial charge in [-0.1, -0.05) is 6.07 Å². The Morgan fingerprint density at radius 1 is 1.15 bits per heavy atom. The van der Waals surface area contributed by atoms with Crippen LogP contribution in [-0.4, -0.2) is 31.3 Å². The quantitative estimate of drug-likeness (QED) is 0.918. The van der Waals surface area contributed by atoms with Gasteiger partial charge in [-0.3, -0.25) is 0 Å². The van der Waals surface area contributed by atoms with Gasteiger partial charge in [-0.05, 0) is 64.9 Å². The van der Waals surface area contributed by atoms with Crippen molar-refractivity contribution in [1.29, 1.82) is 0 Å². The number of rotatable bonds is 3. The van der Waals surface area contributed by atoms with Crippen molar-refractivity contribution in [2.24, 2.45) is 0 Å². The Labute approximate surface area is 123 Å². The van der Waals surface area contributed by atoms with Crippen LogP contribution in [0.3, 0.4) is 0 Å². The standard InChI is InChI=1S/C17H28N2O/c1-13-9-15(8-7-14(13)10-18-6)19-11-16(2,3)20-17(4,5)12-19/h7-9,18H,10-12H2,1-6H3. The minimum Gasteiger partial charge on any atom is -0.366 e. The van der Waals surface area contributed by atoms with Gasteiger partial charge in [-0.25, -0.2) is 0 Å². The largest absolute Gasteiger partial charge is 0.366 e. The highest BCUT2D eigenvalue weighted by Gasteiger charge is 2.38. The maximum Gasteiger partial charge on any atom is 0.0808 e. The van der Waals surface area contributed by atoms with E-state index < -0.39 is 0 Å². The maximum absolute atomic E-state index is 6.15. The second kappa shape index (κ2) is 5.38. The molecule has 1 aliphatic heterocycles. The van der Waals surface area contributed by atoms with Gasteiger partial charge in [0.25, 0.3) is 0 Å². The molecule has 20 heavy (non-hydrogen) atoms. The lowest BCUT2D eigenvalue weighted by molar-refractivity contribution is -0.133. The molecule has 0 amide bonds.